The molecule has 1 aliphatic carbocycles. The summed E-state index contributed by atoms with van der Waals surface area (Å²) in [7, 11) is 0. The highest BCUT2D eigenvalue weighted by molar-refractivity contribution is 5.85. The molecule has 6 nitrogen and oxygen atoms in total. The maximum atomic E-state index is 6.22. The van der Waals surface area contributed by atoms with Crippen LogP contribution in [-0.4, -0.2) is 16.2 Å². The summed E-state index contributed by atoms with van der Waals surface area (Å²) in [4.78, 5) is 4.44. The summed E-state index contributed by atoms with van der Waals surface area (Å²) in [6.07, 6.45) is 2.28. The molecule has 1 fully saturated rings. The highest BCUT2D eigenvalue weighted by atomic mass is 35.5. The van der Waals surface area contributed by atoms with Crippen molar-refractivity contribution in [1.82, 2.24) is 10.1 Å². The summed E-state index contributed by atoms with van der Waals surface area (Å²) in [6.45, 7) is 1.92. The van der Waals surface area contributed by atoms with Crippen LogP contribution in [0.5, 0.6) is 11.5 Å². The average molecular weight is 324 g/mol. The fraction of sp³-hybridized carbons (Fsp3) is 0.467. The number of fused-ring (bicyclic) bond motifs is 1. The molecule has 0 radical (unpaired) electrons. The molecule has 1 aromatic heterocycles. The van der Waals surface area contributed by atoms with Crippen molar-refractivity contribution >= 4 is 12.4 Å². The predicted octanol–water partition coefficient (Wildman–Crippen LogP) is 2.73. The second-order valence-electron chi connectivity index (χ2n) is 5.77. The zero-order valence-electron chi connectivity index (χ0n) is 12.2. The third kappa shape index (κ3) is 2.32. The van der Waals surface area contributed by atoms with Crippen molar-refractivity contribution in [2.24, 2.45) is 5.73 Å². The largest absolute Gasteiger partial charge is 0.482 e. The Morgan fingerprint density at radius 2 is 1.86 bits per heavy atom. The van der Waals surface area contributed by atoms with Gasteiger partial charge in [-0.05, 0) is 38.3 Å². The lowest BCUT2D eigenvalue weighted by atomic mass is 9.77. The standard InChI is InChI=1S/C15H17N3O3.ClH/c1-9-12(20-11-6-3-2-5-10(11)19-9)13-17-14(18-21-13)15(16)7-4-8-15;/h2-3,5-6,9,12H,4,7-8,16H2,1H3;1H. The Morgan fingerprint density at radius 1 is 1.18 bits per heavy atom. The van der Waals surface area contributed by atoms with Crippen molar-refractivity contribution in [2.45, 2.75) is 43.9 Å². The van der Waals surface area contributed by atoms with E-state index >= 15 is 0 Å². The number of halogens is 1. The number of aromatic nitrogens is 2. The minimum Gasteiger partial charge on any atom is -0.482 e. The number of para-hydroxylation sites is 2. The first-order chi connectivity index (χ1) is 10.2. The fourth-order valence-corrected chi connectivity index (χ4v) is 2.73. The number of rotatable bonds is 2. The lowest BCUT2D eigenvalue weighted by Gasteiger charge is -2.34. The van der Waals surface area contributed by atoms with Gasteiger partial charge < -0.3 is 19.7 Å². The number of hydrogen-bond donors (Lipinski definition) is 1. The highest BCUT2D eigenvalue weighted by Crippen LogP contribution is 2.40. The van der Waals surface area contributed by atoms with E-state index in [1.807, 2.05) is 31.2 Å². The average Bonchev–Trinajstić information content (AvgIpc) is 2.94. The molecule has 2 aliphatic rings. The molecule has 2 aromatic rings. The number of hydrogen-bond acceptors (Lipinski definition) is 6. The van der Waals surface area contributed by atoms with Crippen molar-refractivity contribution in [1.29, 1.82) is 0 Å². The van der Waals surface area contributed by atoms with Crippen LogP contribution < -0.4 is 15.2 Å². The highest BCUT2D eigenvalue weighted by Gasteiger charge is 2.41. The number of ether oxygens (including phenoxy) is 2. The summed E-state index contributed by atoms with van der Waals surface area (Å²) in [6, 6.07) is 7.55. The topological polar surface area (TPSA) is 83.4 Å². The van der Waals surface area contributed by atoms with Crippen LogP contribution >= 0.6 is 12.4 Å². The Morgan fingerprint density at radius 3 is 2.50 bits per heavy atom. The molecule has 4 rings (SSSR count). The maximum absolute atomic E-state index is 6.22. The van der Waals surface area contributed by atoms with E-state index in [1.165, 1.54) is 0 Å². The molecule has 22 heavy (non-hydrogen) atoms. The maximum Gasteiger partial charge on any atom is 0.271 e. The SMILES string of the molecule is CC1Oc2ccccc2OC1c1nc(C2(N)CCC2)no1.Cl. The Hall–Kier alpha value is -1.79. The quantitative estimate of drug-likeness (QED) is 0.915. The molecular weight excluding hydrogens is 306 g/mol. The van der Waals surface area contributed by atoms with E-state index < -0.39 is 11.6 Å². The first-order valence-corrected chi connectivity index (χ1v) is 7.21. The minimum absolute atomic E-state index is 0. The van der Waals surface area contributed by atoms with Crippen molar-refractivity contribution in [3.8, 4) is 11.5 Å². The molecule has 1 aliphatic heterocycles. The van der Waals surface area contributed by atoms with Gasteiger partial charge >= 0.3 is 0 Å². The van der Waals surface area contributed by atoms with Crippen LogP contribution in [0.15, 0.2) is 28.8 Å². The number of nitrogens with zero attached hydrogens (tertiary/aromatic N) is 2. The van der Waals surface area contributed by atoms with Crippen LogP contribution in [0.4, 0.5) is 0 Å². The molecule has 0 bridgehead atoms. The minimum atomic E-state index is -0.432. The van der Waals surface area contributed by atoms with Gasteiger partial charge in [0.15, 0.2) is 17.3 Å². The van der Waals surface area contributed by atoms with E-state index in [4.69, 9.17) is 19.7 Å². The molecular formula is C15H18ClN3O3. The molecule has 0 spiro atoms. The monoisotopic (exact) mass is 323 g/mol. The van der Waals surface area contributed by atoms with Crippen molar-refractivity contribution in [3.63, 3.8) is 0 Å². The third-order valence-corrected chi connectivity index (χ3v) is 4.22. The molecule has 0 saturated heterocycles. The van der Waals surface area contributed by atoms with E-state index in [9.17, 15) is 0 Å². The first-order valence-electron chi connectivity index (χ1n) is 7.21. The van der Waals surface area contributed by atoms with Gasteiger partial charge in [0, 0.05) is 0 Å². The van der Waals surface area contributed by atoms with Gasteiger partial charge in [-0.2, -0.15) is 4.98 Å². The predicted molar refractivity (Wildman–Crippen MR) is 81.2 cm³/mol. The number of benzene rings is 1. The van der Waals surface area contributed by atoms with Crippen molar-refractivity contribution in [2.75, 3.05) is 0 Å². The van der Waals surface area contributed by atoms with Crippen LogP contribution in [0.1, 0.15) is 44.0 Å². The van der Waals surface area contributed by atoms with Crippen LogP contribution in [0.25, 0.3) is 0 Å². The van der Waals surface area contributed by atoms with Gasteiger partial charge in [-0.25, -0.2) is 0 Å². The van der Waals surface area contributed by atoms with Gasteiger partial charge in [-0.15, -0.1) is 12.4 Å². The molecule has 1 aromatic carbocycles. The molecule has 7 heteroatoms. The summed E-state index contributed by atoms with van der Waals surface area (Å²) >= 11 is 0. The normalized spacial score (nSPS) is 25.0. The molecule has 2 unspecified atom stereocenters. The summed E-state index contributed by atoms with van der Waals surface area (Å²) in [5.74, 6) is 2.41. The van der Waals surface area contributed by atoms with E-state index in [-0.39, 0.29) is 18.5 Å². The molecule has 2 atom stereocenters. The van der Waals surface area contributed by atoms with Gasteiger partial charge in [0.1, 0.15) is 6.10 Å². The van der Waals surface area contributed by atoms with Gasteiger partial charge in [0.25, 0.3) is 5.89 Å². The second kappa shape index (κ2) is 5.44. The first kappa shape index (κ1) is 15.1. The zero-order chi connectivity index (χ0) is 14.4. The second-order valence-corrected chi connectivity index (χ2v) is 5.77. The lowest BCUT2D eigenvalue weighted by molar-refractivity contribution is 0.0116. The van der Waals surface area contributed by atoms with Crippen molar-refractivity contribution < 1.29 is 14.0 Å². The Bertz CT molecular complexity index is 672. The molecule has 2 N–H and O–H groups in total. The Labute approximate surface area is 134 Å². The smallest absolute Gasteiger partial charge is 0.271 e. The van der Waals surface area contributed by atoms with Gasteiger partial charge in [0.05, 0.1) is 5.54 Å². The molecule has 1 saturated carbocycles. The summed E-state index contributed by atoms with van der Waals surface area (Å²) in [5, 5.41) is 4.03. The fourth-order valence-electron chi connectivity index (χ4n) is 2.73. The Balaban J connectivity index is 0.00000144. The van der Waals surface area contributed by atoms with Crippen LogP contribution in [-0.2, 0) is 5.54 Å². The molecule has 2 heterocycles. The van der Waals surface area contributed by atoms with Crippen molar-refractivity contribution in [3.05, 3.63) is 36.0 Å². The van der Waals surface area contributed by atoms with E-state index in [1.54, 1.807) is 0 Å². The van der Waals surface area contributed by atoms with E-state index in [0.29, 0.717) is 17.5 Å². The van der Waals surface area contributed by atoms with Crippen LogP contribution in [0.3, 0.4) is 0 Å². The summed E-state index contributed by atoms with van der Waals surface area (Å²) in [5.41, 5.74) is 5.79. The third-order valence-electron chi connectivity index (χ3n) is 4.22. The molecule has 118 valence electrons. The van der Waals surface area contributed by atoms with E-state index in [2.05, 4.69) is 10.1 Å². The van der Waals surface area contributed by atoms with Crippen LogP contribution in [0, 0.1) is 0 Å². The van der Waals surface area contributed by atoms with Gasteiger partial charge in [-0.3, -0.25) is 0 Å². The summed E-state index contributed by atoms with van der Waals surface area (Å²) < 4.78 is 17.2. The lowest BCUT2D eigenvalue weighted by Crippen LogP contribution is -2.44. The zero-order valence-corrected chi connectivity index (χ0v) is 13.0. The van der Waals surface area contributed by atoms with E-state index in [0.717, 1.165) is 25.0 Å². The molecule has 0 amide bonds. The Kier molecular flexibility index (Phi) is 3.74. The number of nitrogens with two attached hydrogens (primary N) is 1. The van der Waals surface area contributed by atoms with Gasteiger partial charge in [-0.1, -0.05) is 17.3 Å². The van der Waals surface area contributed by atoms with Crippen LogP contribution in [0.2, 0.25) is 0 Å². The van der Waals surface area contributed by atoms with Gasteiger partial charge in [0.2, 0.25) is 6.10 Å².